The SMILES string of the molecule is COc1cc(Cl)c(C)cc1NC(=O)C(=O)Nc1cccc(NC(C)=O)c1. The van der Waals surface area contributed by atoms with Crippen molar-refractivity contribution in [2.24, 2.45) is 0 Å². The lowest BCUT2D eigenvalue weighted by molar-refractivity contribution is -0.133. The Morgan fingerprint density at radius 2 is 1.58 bits per heavy atom. The molecule has 0 aliphatic heterocycles. The van der Waals surface area contributed by atoms with Gasteiger partial charge in [0.05, 0.1) is 12.8 Å². The summed E-state index contributed by atoms with van der Waals surface area (Å²) in [5, 5.41) is 8.04. The highest BCUT2D eigenvalue weighted by Crippen LogP contribution is 2.30. The van der Waals surface area contributed by atoms with E-state index < -0.39 is 11.8 Å². The zero-order valence-electron chi connectivity index (χ0n) is 14.5. The number of amides is 3. The van der Waals surface area contributed by atoms with Gasteiger partial charge in [-0.3, -0.25) is 14.4 Å². The highest BCUT2D eigenvalue weighted by Gasteiger charge is 2.17. The molecule has 0 heterocycles. The van der Waals surface area contributed by atoms with Gasteiger partial charge in [0.15, 0.2) is 0 Å². The van der Waals surface area contributed by atoms with Crippen LogP contribution in [0, 0.1) is 6.92 Å². The van der Waals surface area contributed by atoms with Crippen LogP contribution in [0.1, 0.15) is 12.5 Å². The van der Waals surface area contributed by atoms with Crippen molar-refractivity contribution in [1.29, 1.82) is 0 Å². The molecular formula is C18H18ClN3O4. The number of carbonyl (C=O) groups is 3. The highest BCUT2D eigenvalue weighted by molar-refractivity contribution is 6.44. The van der Waals surface area contributed by atoms with E-state index in [0.717, 1.165) is 5.56 Å². The molecule has 0 saturated carbocycles. The first-order valence-electron chi connectivity index (χ1n) is 7.64. The first-order chi connectivity index (χ1) is 12.3. The quantitative estimate of drug-likeness (QED) is 0.715. The molecule has 2 aromatic rings. The fourth-order valence-electron chi connectivity index (χ4n) is 2.17. The number of benzene rings is 2. The smallest absolute Gasteiger partial charge is 0.314 e. The Morgan fingerprint density at radius 1 is 0.962 bits per heavy atom. The molecule has 2 rings (SSSR count). The van der Waals surface area contributed by atoms with Gasteiger partial charge in [-0.1, -0.05) is 17.7 Å². The summed E-state index contributed by atoms with van der Waals surface area (Å²) >= 11 is 6.02. The second-order valence-electron chi connectivity index (χ2n) is 5.47. The molecule has 7 nitrogen and oxygen atoms in total. The Kier molecular flexibility index (Phi) is 6.19. The molecule has 0 aliphatic carbocycles. The molecular weight excluding hydrogens is 358 g/mol. The number of ether oxygens (including phenoxy) is 1. The molecule has 0 aliphatic rings. The molecule has 0 saturated heterocycles. The Hall–Kier alpha value is -3.06. The molecule has 8 heteroatoms. The van der Waals surface area contributed by atoms with Gasteiger partial charge in [-0.2, -0.15) is 0 Å². The van der Waals surface area contributed by atoms with Crippen LogP contribution in [0.4, 0.5) is 17.1 Å². The predicted molar refractivity (Wildman–Crippen MR) is 101 cm³/mol. The second kappa shape index (κ2) is 8.35. The van der Waals surface area contributed by atoms with Gasteiger partial charge in [0.25, 0.3) is 0 Å². The van der Waals surface area contributed by atoms with Gasteiger partial charge < -0.3 is 20.7 Å². The number of methoxy groups -OCH3 is 1. The summed E-state index contributed by atoms with van der Waals surface area (Å²) in [5.74, 6) is -1.62. The minimum Gasteiger partial charge on any atom is -0.495 e. The van der Waals surface area contributed by atoms with Crippen molar-refractivity contribution in [2.45, 2.75) is 13.8 Å². The van der Waals surface area contributed by atoms with Crippen molar-refractivity contribution in [2.75, 3.05) is 23.1 Å². The number of aryl methyl sites for hydroxylation is 1. The molecule has 0 radical (unpaired) electrons. The van der Waals surface area contributed by atoms with Crippen LogP contribution in [0.5, 0.6) is 5.75 Å². The third kappa shape index (κ3) is 4.97. The zero-order valence-corrected chi connectivity index (χ0v) is 15.2. The minimum absolute atomic E-state index is 0.239. The van der Waals surface area contributed by atoms with E-state index in [1.54, 1.807) is 43.3 Å². The van der Waals surface area contributed by atoms with Crippen molar-refractivity contribution in [1.82, 2.24) is 0 Å². The molecule has 3 N–H and O–H groups in total. The summed E-state index contributed by atoms with van der Waals surface area (Å²) in [4.78, 5) is 35.4. The maximum atomic E-state index is 12.2. The van der Waals surface area contributed by atoms with Crippen LogP contribution in [0.3, 0.4) is 0 Å². The minimum atomic E-state index is -0.866. The monoisotopic (exact) mass is 375 g/mol. The number of carbonyl (C=O) groups excluding carboxylic acids is 3. The van der Waals surface area contributed by atoms with Gasteiger partial charge in [0.2, 0.25) is 5.91 Å². The molecule has 0 fully saturated rings. The Balaban J connectivity index is 2.10. The third-order valence-electron chi connectivity index (χ3n) is 3.38. The van der Waals surface area contributed by atoms with Crippen LogP contribution in [0.15, 0.2) is 36.4 Å². The Morgan fingerprint density at radius 3 is 2.19 bits per heavy atom. The fourth-order valence-corrected chi connectivity index (χ4v) is 2.33. The van der Waals surface area contributed by atoms with Gasteiger partial charge in [0.1, 0.15) is 5.75 Å². The lowest BCUT2D eigenvalue weighted by Crippen LogP contribution is -2.29. The topological polar surface area (TPSA) is 96.5 Å². The third-order valence-corrected chi connectivity index (χ3v) is 3.78. The van der Waals surface area contributed by atoms with Gasteiger partial charge in [-0.05, 0) is 36.8 Å². The highest BCUT2D eigenvalue weighted by atomic mass is 35.5. The average Bonchev–Trinajstić information content (AvgIpc) is 2.57. The molecule has 3 amide bonds. The molecule has 136 valence electrons. The zero-order chi connectivity index (χ0) is 19.3. The van der Waals surface area contributed by atoms with E-state index in [9.17, 15) is 14.4 Å². The van der Waals surface area contributed by atoms with Crippen LogP contribution in [0.2, 0.25) is 5.02 Å². The van der Waals surface area contributed by atoms with E-state index in [1.807, 2.05) is 0 Å². The normalized spacial score (nSPS) is 10.0. The van der Waals surface area contributed by atoms with E-state index in [-0.39, 0.29) is 5.91 Å². The van der Waals surface area contributed by atoms with Crippen LogP contribution >= 0.6 is 11.6 Å². The molecule has 0 bridgehead atoms. The number of anilines is 3. The van der Waals surface area contributed by atoms with Crippen LogP contribution < -0.4 is 20.7 Å². The molecule has 2 aromatic carbocycles. The summed E-state index contributed by atoms with van der Waals surface area (Å²) < 4.78 is 5.16. The summed E-state index contributed by atoms with van der Waals surface area (Å²) in [5.41, 5.74) is 1.94. The Labute approximate surface area is 155 Å². The van der Waals surface area contributed by atoms with Crippen LogP contribution in [-0.2, 0) is 14.4 Å². The molecule has 0 unspecified atom stereocenters. The average molecular weight is 376 g/mol. The fraction of sp³-hybridized carbons (Fsp3) is 0.167. The number of hydrogen-bond acceptors (Lipinski definition) is 4. The maximum Gasteiger partial charge on any atom is 0.314 e. The second-order valence-corrected chi connectivity index (χ2v) is 5.88. The predicted octanol–water partition coefficient (Wildman–Crippen LogP) is 3.19. The first kappa shape index (κ1) is 19.3. The van der Waals surface area contributed by atoms with Gasteiger partial charge in [0, 0.05) is 29.4 Å². The first-order valence-corrected chi connectivity index (χ1v) is 8.02. The van der Waals surface area contributed by atoms with Crippen molar-refractivity contribution >= 4 is 46.4 Å². The standard InChI is InChI=1S/C18H18ClN3O4/c1-10-7-15(16(26-3)9-14(10)19)22-18(25)17(24)21-13-6-4-5-12(8-13)20-11(2)23/h4-9H,1-3H3,(H,20,23)(H,21,24)(H,22,25). The van der Waals surface area contributed by atoms with Crippen molar-refractivity contribution in [3.8, 4) is 5.75 Å². The molecule has 26 heavy (non-hydrogen) atoms. The van der Waals surface area contributed by atoms with Crippen molar-refractivity contribution in [3.05, 3.63) is 47.0 Å². The summed E-state index contributed by atoms with van der Waals surface area (Å²) in [6.07, 6.45) is 0. The lowest BCUT2D eigenvalue weighted by Gasteiger charge is -2.12. The van der Waals surface area contributed by atoms with E-state index in [1.165, 1.54) is 14.0 Å². The van der Waals surface area contributed by atoms with Gasteiger partial charge in [-0.25, -0.2) is 0 Å². The Bertz CT molecular complexity index is 868. The maximum absolute atomic E-state index is 12.2. The summed E-state index contributed by atoms with van der Waals surface area (Å²) in [6.45, 7) is 3.14. The number of rotatable bonds is 4. The molecule has 0 atom stereocenters. The van der Waals surface area contributed by atoms with Crippen LogP contribution in [-0.4, -0.2) is 24.8 Å². The van der Waals surface area contributed by atoms with E-state index in [0.29, 0.717) is 27.8 Å². The molecule has 0 spiro atoms. The number of halogens is 1. The molecule has 0 aromatic heterocycles. The van der Waals surface area contributed by atoms with Crippen molar-refractivity contribution in [3.63, 3.8) is 0 Å². The van der Waals surface area contributed by atoms with Crippen LogP contribution in [0.25, 0.3) is 0 Å². The van der Waals surface area contributed by atoms with Gasteiger partial charge in [-0.15, -0.1) is 0 Å². The number of hydrogen-bond donors (Lipinski definition) is 3. The summed E-state index contributed by atoms with van der Waals surface area (Å²) in [7, 11) is 1.43. The number of nitrogens with one attached hydrogen (secondary N) is 3. The van der Waals surface area contributed by atoms with E-state index >= 15 is 0 Å². The van der Waals surface area contributed by atoms with Gasteiger partial charge >= 0.3 is 11.8 Å². The largest absolute Gasteiger partial charge is 0.495 e. The van der Waals surface area contributed by atoms with E-state index in [4.69, 9.17) is 16.3 Å². The lowest BCUT2D eigenvalue weighted by atomic mass is 10.2. The summed E-state index contributed by atoms with van der Waals surface area (Å²) in [6, 6.07) is 9.62. The van der Waals surface area contributed by atoms with Crippen molar-refractivity contribution < 1.29 is 19.1 Å². The van der Waals surface area contributed by atoms with E-state index in [2.05, 4.69) is 16.0 Å².